The van der Waals surface area contributed by atoms with E-state index in [9.17, 15) is 4.39 Å². The average Bonchev–Trinajstić information content (AvgIpc) is 2.18. The Kier molecular flexibility index (Phi) is 3.83. The van der Waals surface area contributed by atoms with E-state index in [1.54, 1.807) is 13.1 Å². The summed E-state index contributed by atoms with van der Waals surface area (Å²) in [7, 11) is 0. The number of hydrogen-bond donors (Lipinski definition) is 1. The quantitative estimate of drug-likeness (QED) is 0.769. The van der Waals surface area contributed by atoms with Crippen LogP contribution in [0.25, 0.3) is 0 Å². The highest BCUT2D eigenvalue weighted by atomic mass is 19.1. The molecule has 0 unspecified atom stereocenters. The van der Waals surface area contributed by atoms with Crippen molar-refractivity contribution in [3.63, 3.8) is 0 Å². The minimum absolute atomic E-state index is 0.181. The molecule has 0 aromatic carbocycles. The van der Waals surface area contributed by atoms with Crippen LogP contribution in [0, 0.1) is 5.92 Å². The summed E-state index contributed by atoms with van der Waals surface area (Å²) in [6, 6.07) is 5.56. The maximum Gasteiger partial charge on any atom is 0.126 e. The number of hydrogen-bond acceptors (Lipinski definition) is 2. The van der Waals surface area contributed by atoms with Gasteiger partial charge in [-0.05, 0) is 24.5 Å². The summed E-state index contributed by atoms with van der Waals surface area (Å²) in [5.41, 5.74) is 0.867. The molecular formula is C10H14FNO. The molecule has 1 rings (SSSR count). The van der Waals surface area contributed by atoms with Gasteiger partial charge in [-0.15, -0.1) is 0 Å². The first kappa shape index (κ1) is 10.1. The van der Waals surface area contributed by atoms with Gasteiger partial charge in [0.25, 0.3) is 0 Å². The summed E-state index contributed by atoms with van der Waals surface area (Å²) in [6.07, 6.45) is 1.11. The summed E-state index contributed by atoms with van der Waals surface area (Å²) in [5.74, 6) is -0.181. The minimum atomic E-state index is -1.15. The molecule has 1 heterocycles. The van der Waals surface area contributed by atoms with Gasteiger partial charge in [0.15, 0.2) is 0 Å². The molecule has 0 aliphatic rings. The second-order valence-electron chi connectivity index (χ2n) is 3.20. The first-order valence-corrected chi connectivity index (χ1v) is 4.39. The fourth-order valence-electron chi connectivity index (χ4n) is 1.16. The number of aliphatic hydroxyl groups excluding tert-OH is 1. The molecule has 0 fully saturated rings. The van der Waals surface area contributed by atoms with Crippen LogP contribution >= 0.6 is 0 Å². The van der Waals surface area contributed by atoms with Gasteiger partial charge in [0.05, 0.1) is 6.61 Å². The molecule has 0 saturated heterocycles. The van der Waals surface area contributed by atoms with E-state index in [0.717, 1.165) is 5.69 Å². The van der Waals surface area contributed by atoms with Crippen LogP contribution in [0.15, 0.2) is 24.4 Å². The Labute approximate surface area is 77.4 Å². The van der Waals surface area contributed by atoms with Crippen LogP contribution in [0.2, 0.25) is 0 Å². The molecule has 3 heteroatoms. The van der Waals surface area contributed by atoms with E-state index < -0.39 is 12.8 Å². The lowest BCUT2D eigenvalue weighted by Gasteiger charge is -2.13. The van der Waals surface area contributed by atoms with Crippen LogP contribution in [0.5, 0.6) is 0 Å². The van der Waals surface area contributed by atoms with Gasteiger partial charge in [-0.2, -0.15) is 0 Å². The molecule has 0 spiro atoms. The first-order chi connectivity index (χ1) is 6.24. The van der Waals surface area contributed by atoms with Crippen molar-refractivity contribution < 1.29 is 9.50 Å². The predicted molar refractivity (Wildman–Crippen MR) is 49.1 cm³/mol. The highest BCUT2D eigenvalue weighted by Crippen LogP contribution is 2.12. The number of alkyl halides is 1. The van der Waals surface area contributed by atoms with E-state index >= 15 is 0 Å². The van der Waals surface area contributed by atoms with Gasteiger partial charge < -0.3 is 5.11 Å². The molecule has 0 saturated carbocycles. The Hall–Kier alpha value is -0.960. The van der Waals surface area contributed by atoms with Crippen molar-refractivity contribution in [2.45, 2.75) is 19.5 Å². The van der Waals surface area contributed by atoms with Crippen LogP contribution in [0.3, 0.4) is 0 Å². The lowest BCUT2D eigenvalue weighted by molar-refractivity contribution is 0.132. The second-order valence-corrected chi connectivity index (χ2v) is 3.20. The predicted octanol–water partition coefficient (Wildman–Crippen LogP) is 1.59. The highest BCUT2D eigenvalue weighted by molar-refractivity contribution is 5.04. The molecule has 1 N–H and O–H groups in total. The summed E-state index contributed by atoms with van der Waals surface area (Å²) >= 11 is 0. The summed E-state index contributed by atoms with van der Waals surface area (Å²) in [6.45, 7) is 1.36. The highest BCUT2D eigenvalue weighted by Gasteiger charge is 2.15. The third-order valence-corrected chi connectivity index (χ3v) is 2.05. The number of nitrogens with zero attached hydrogens (tertiary/aromatic N) is 1. The van der Waals surface area contributed by atoms with Gasteiger partial charge in [-0.1, -0.05) is 13.0 Å². The lowest BCUT2D eigenvalue weighted by Crippen LogP contribution is -2.19. The molecule has 0 aliphatic carbocycles. The van der Waals surface area contributed by atoms with E-state index in [1.165, 1.54) is 0 Å². The number of rotatable bonds is 4. The Bertz CT molecular complexity index is 240. The molecule has 0 bridgehead atoms. The molecule has 1 aromatic heterocycles. The standard InChI is InChI=1S/C10H14FNO/c1-8(10(11)7-13)6-9-4-2-3-5-12-9/h2-5,8,10,13H,6-7H2,1H3/t8-,10-/m1/s1. The Morgan fingerprint density at radius 1 is 1.54 bits per heavy atom. The van der Waals surface area contributed by atoms with Crippen molar-refractivity contribution in [1.82, 2.24) is 4.98 Å². The zero-order valence-corrected chi connectivity index (χ0v) is 7.65. The largest absolute Gasteiger partial charge is 0.393 e. The first-order valence-electron chi connectivity index (χ1n) is 4.39. The maximum atomic E-state index is 12.9. The Morgan fingerprint density at radius 3 is 2.85 bits per heavy atom. The van der Waals surface area contributed by atoms with E-state index in [2.05, 4.69) is 4.98 Å². The van der Waals surface area contributed by atoms with Crippen molar-refractivity contribution in [3.05, 3.63) is 30.1 Å². The van der Waals surface area contributed by atoms with Crippen LogP contribution in [-0.4, -0.2) is 22.9 Å². The zero-order chi connectivity index (χ0) is 9.68. The lowest BCUT2D eigenvalue weighted by atomic mass is 10.0. The zero-order valence-electron chi connectivity index (χ0n) is 7.65. The van der Waals surface area contributed by atoms with E-state index in [1.807, 2.05) is 18.2 Å². The van der Waals surface area contributed by atoms with Crippen molar-refractivity contribution >= 4 is 0 Å². The Morgan fingerprint density at radius 2 is 2.31 bits per heavy atom. The summed E-state index contributed by atoms with van der Waals surface area (Å²) in [4.78, 5) is 4.09. The topological polar surface area (TPSA) is 33.1 Å². The van der Waals surface area contributed by atoms with Gasteiger partial charge in [0, 0.05) is 11.9 Å². The molecule has 1 aromatic rings. The van der Waals surface area contributed by atoms with Gasteiger partial charge in [-0.25, -0.2) is 4.39 Å². The maximum absolute atomic E-state index is 12.9. The molecule has 0 radical (unpaired) electrons. The fourth-order valence-corrected chi connectivity index (χ4v) is 1.16. The number of pyridine rings is 1. The van der Waals surface area contributed by atoms with Crippen LogP contribution < -0.4 is 0 Å². The van der Waals surface area contributed by atoms with Crippen LogP contribution in [0.4, 0.5) is 4.39 Å². The van der Waals surface area contributed by atoms with Gasteiger partial charge in [0.2, 0.25) is 0 Å². The van der Waals surface area contributed by atoms with Crippen molar-refractivity contribution in [2.75, 3.05) is 6.61 Å². The van der Waals surface area contributed by atoms with Crippen molar-refractivity contribution in [2.24, 2.45) is 5.92 Å². The smallest absolute Gasteiger partial charge is 0.126 e. The molecule has 13 heavy (non-hydrogen) atoms. The second kappa shape index (κ2) is 4.92. The molecular weight excluding hydrogens is 169 g/mol. The minimum Gasteiger partial charge on any atom is -0.393 e. The van der Waals surface area contributed by atoms with E-state index in [0.29, 0.717) is 6.42 Å². The molecule has 0 aliphatic heterocycles. The summed E-state index contributed by atoms with van der Waals surface area (Å²) in [5, 5.41) is 8.59. The monoisotopic (exact) mass is 183 g/mol. The number of halogens is 1. The molecule has 0 amide bonds. The molecule has 2 atom stereocenters. The fraction of sp³-hybridized carbons (Fsp3) is 0.500. The number of aliphatic hydroxyl groups is 1. The van der Waals surface area contributed by atoms with E-state index in [-0.39, 0.29) is 5.92 Å². The molecule has 72 valence electrons. The van der Waals surface area contributed by atoms with Crippen LogP contribution in [-0.2, 0) is 6.42 Å². The van der Waals surface area contributed by atoms with Gasteiger partial charge >= 0.3 is 0 Å². The third kappa shape index (κ3) is 3.11. The molecule has 2 nitrogen and oxygen atoms in total. The van der Waals surface area contributed by atoms with Crippen LogP contribution in [0.1, 0.15) is 12.6 Å². The SMILES string of the molecule is C[C@H](Cc1ccccn1)[C@H](F)CO. The summed E-state index contributed by atoms with van der Waals surface area (Å²) < 4.78 is 12.9. The Balaban J connectivity index is 2.50. The van der Waals surface area contributed by atoms with Gasteiger partial charge in [-0.3, -0.25) is 4.98 Å². The van der Waals surface area contributed by atoms with E-state index in [4.69, 9.17) is 5.11 Å². The third-order valence-electron chi connectivity index (χ3n) is 2.05. The number of aromatic nitrogens is 1. The van der Waals surface area contributed by atoms with Crippen molar-refractivity contribution in [3.8, 4) is 0 Å². The normalized spacial score (nSPS) is 15.3. The average molecular weight is 183 g/mol. The van der Waals surface area contributed by atoms with Gasteiger partial charge in [0.1, 0.15) is 6.17 Å². The van der Waals surface area contributed by atoms with Crippen molar-refractivity contribution in [1.29, 1.82) is 0 Å².